The first kappa shape index (κ1) is 24.7. The summed E-state index contributed by atoms with van der Waals surface area (Å²) in [5.74, 6) is -1.05. The van der Waals surface area contributed by atoms with Crippen LogP contribution in [0, 0.1) is 13.8 Å². The van der Waals surface area contributed by atoms with Gasteiger partial charge in [-0.15, -0.1) is 0 Å². The average molecular weight is 469 g/mol. The largest absolute Gasteiger partial charge is 0.493 e. The highest BCUT2D eigenvalue weighted by Crippen LogP contribution is 2.27. The first-order valence-corrected chi connectivity index (χ1v) is 10.8. The fourth-order valence-electron chi connectivity index (χ4n) is 3.15. The van der Waals surface area contributed by atoms with Gasteiger partial charge in [0.15, 0.2) is 18.1 Å². The van der Waals surface area contributed by atoms with Gasteiger partial charge in [0, 0.05) is 18.8 Å². The van der Waals surface area contributed by atoms with Crippen molar-refractivity contribution in [2.45, 2.75) is 13.8 Å². The van der Waals surface area contributed by atoms with Crippen LogP contribution in [0.5, 0.6) is 11.5 Å². The molecule has 3 amide bonds. The lowest BCUT2D eigenvalue weighted by Crippen LogP contribution is -2.43. The van der Waals surface area contributed by atoms with E-state index in [1.165, 1.54) is 13.3 Å². The molecule has 0 aliphatic carbocycles. The molecule has 1 fully saturated rings. The van der Waals surface area contributed by atoms with Crippen molar-refractivity contribution in [1.29, 1.82) is 0 Å². The van der Waals surface area contributed by atoms with Crippen molar-refractivity contribution in [3.8, 4) is 11.5 Å². The number of methoxy groups -OCH3 is 1. The van der Waals surface area contributed by atoms with Crippen LogP contribution in [0.25, 0.3) is 0 Å². The number of carbonyl (C=O) groups is 3. The van der Waals surface area contributed by atoms with Crippen molar-refractivity contribution >= 4 is 29.6 Å². The van der Waals surface area contributed by atoms with Crippen LogP contribution >= 0.6 is 0 Å². The smallest absolute Gasteiger partial charge is 0.329 e. The Morgan fingerprint density at radius 1 is 1.03 bits per heavy atom. The number of hydrazone groups is 1. The minimum atomic E-state index is -0.900. The van der Waals surface area contributed by atoms with Gasteiger partial charge < -0.3 is 24.4 Å². The van der Waals surface area contributed by atoms with Gasteiger partial charge in [0.25, 0.3) is 5.91 Å². The molecule has 0 unspecified atom stereocenters. The van der Waals surface area contributed by atoms with E-state index in [-0.39, 0.29) is 12.5 Å². The molecule has 0 atom stereocenters. The predicted molar refractivity (Wildman–Crippen MR) is 126 cm³/mol. The van der Waals surface area contributed by atoms with E-state index in [1.54, 1.807) is 35.2 Å². The first-order valence-electron chi connectivity index (χ1n) is 10.8. The van der Waals surface area contributed by atoms with Crippen LogP contribution in [0.15, 0.2) is 41.5 Å². The maximum Gasteiger partial charge on any atom is 0.329 e. The third-order valence-electron chi connectivity index (χ3n) is 5.25. The molecule has 0 aromatic heterocycles. The van der Waals surface area contributed by atoms with Gasteiger partial charge in [0.2, 0.25) is 0 Å². The highest BCUT2D eigenvalue weighted by molar-refractivity contribution is 6.39. The van der Waals surface area contributed by atoms with Crippen molar-refractivity contribution in [2.24, 2.45) is 5.10 Å². The second kappa shape index (κ2) is 11.8. The summed E-state index contributed by atoms with van der Waals surface area (Å²) in [6.07, 6.45) is 1.37. The van der Waals surface area contributed by atoms with E-state index >= 15 is 0 Å². The summed E-state index contributed by atoms with van der Waals surface area (Å²) in [5, 5.41) is 6.35. The number of hydrogen-bond acceptors (Lipinski definition) is 7. The molecule has 0 radical (unpaired) electrons. The van der Waals surface area contributed by atoms with Gasteiger partial charge in [-0.1, -0.05) is 6.07 Å². The van der Waals surface area contributed by atoms with E-state index in [0.717, 1.165) is 11.1 Å². The molecule has 0 bridgehead atoms. The highest BCUT2D eigenvalue weighted by atomic mass is 16.5. The number of amides is 3. The third kappa shape index (κ3) is 6.79. The first-order chi connectivity index (χ1) is 16.4. The molecule has 2 N–H and O–H groups in total. The number of nitrogens with zero attached hydrogens (tertiary/aromatic N) is 2. The lowest BCUT2D eigenvalue weighted by molar-refractivity contribution is -0.137. The van der Waals surface area contributed by atoms with Crippen LogP contribution in [0.2, 0.25) is 0 Å². The molecule has 1 heterocycles. The van der Waals surface area contributed by atoms with Crippen LogP contribution in [0.4, 0.5) is 5.69 Å². The second-order valence-corrected chi connectivity index (χ2v) is 7.64. The zero-order valence-electron chi connectivity index (χ0n) is 19.4. The number of morpholine rings is 1. The quantitative estimate of drug-likeness (QED) is 0.362. The number of aryl methyl sites for hydroxylation is 2. The summed E-state index contributed by atoms with van der Waals surface area (Å²) in [4.78, 5) is 38.0. The lowest BCUT2D eigenvalue weighted by Gasteiger charge is -2.26. The fraction of sp³-hybridized carbons (Fsp3) is 0.333. The van der Waals surface area contributed by atoms with E-state index in [9.17, 15) is 14.4 Å². The number of nitrogens with one attached hydrogen (secondary N) is 2. The van der Waals surface area contributed by atoms with Gasteiger partial charge in [0.05, 0.1) is 26.5 Å². The van der Waals surface area contributed by atoms with Crippen molar-refractivity contribution in [2.75, 3.05) is 45.3 Å². The minimum Gasteiger partial charge on any atom is -0.493 e. The third-order valence-corrected chi connectivity index (χ3v) is 5.25. The van der Waals surface area contributed by atoms with Gasteiger partial charge in [-0.3, -0.25) is 14.4 Å². The maximum atomic E-state index is 12.3. The van der Waals surface area contributed by atoms with Crippen LogP contribution in [0.1, 0.15) is 16.7 Å². The molecule has 10 nitrogen and oxygen atoms in total. The van der Waals surface area contributed by atoms with Gasteiger partial charge in [-0.2, -0.15) is 5.10 Å². The van der Waals surface area contributed by atoms with Crippen LogP contribution in [-0.2, 0) is 19.1 Å². The Morgan fingerprint density at radius 2 is 1.79 bits per heavy atom. The van der Waals surface area contributed by atoms with Crippen LogP contribution in [0.3, 0.4) is 0 Å². The van der Waals surface area contributed by atoms with Crippen LogP contribution in [-0.4, -0.2) is 68.9 Å². The van der Waals surface area contributed by atoms with E-state index in [1.807, 2.05) is 19.9 Å². The maximum absolute atomic E-state index is 12.3. The number of ether oxygens (including phenoxy) is 3. The van der Waals surface area contributed by atoms with E-state index in [0.29, 0.717) is 49.1 Å². The normalized spacial score (nSPS) is 13.4. The zero-order valence-corrected chi connectivity index (χ0v) is 19.4. The molecule has 180 valence electrons. The molecule has 3 rings (SSSR count). The summed E-state index contributed by atoms with van der Waals surface area (Å²) >= 11 is 0. The zero-order chi connectivity index (χ0) is 24.5. The predicted octanol–water partition coefficient (Wildman–Crippen LogP) is 1.64. The molecule has 1 aliphatic rings. The fourth-order valence-corrected chi connectivity index (χ4v) is 3.15. The molecule has 0 saturated carbocycles. The topological polar surface area (TPSA) is 119 Å². The van der Waals surface area contributed by atoms with Crippen molar-refractivity contribution < 1.29 is 28.6 Å². The van der Waals surface area contributed by atoms with Gasteiger partial charge in [-0.05, 0) is 60.9 Å². The molecule has 1 saturated heterocycles. The number of anilines is 1. The van der Waals surface area contributed by atoms with Gasteiger partial charge in [-0.25, -0.2) is 5.43 Å². The summed E-state index contributed by atoms with van der Waals surface area (Å²) in [6, 6.07) is 10.3. The molecular formula is C24H28N4O6. The molecule has 10 heteroatoms. The van der Waals surface area contributed by atoms with Crippen molar-refractivity contribution in [3.63, 3.8) is 0 Å². The summed E-state index contributed by atoms with van der Waals surface area (Å²) in [7, 11) is 1.48. The van der Waals surface area contributed by atoms with Crippen molar-refractivity contribution in [1.82, 2.24) is 10.3 Å². The van der Waals surface area contributed by atoms with E-state index < -0.39 is 11.8 Å². The molecule has 2 aromatic carbocycles. The Morgan fingerprint density at radius 3 is 2.50 bits per heavy atom. The Kier molecular flexibility index (Phi) is 8.58. The number of carbonyl (C=O) groups excluding carboxylic acids is 3. The van der Waals surface area contributed by atoms with Crippen LogP contribution < -0.4 is 20.2 Å². The SMILES string of the molecule is COc1cc(/C=N\NC(=O)C(=O)Nc2ccc(C)c(C)c2)ccc1OCC(=O)N1CCOCC1. The average Bonchev–Trinajstić information content (AvgIpc) is 2.85. The van der Waals surface area contributed by atoms with Gasteiger partial charge in [0.1, 0.15) is 0 Å². The molecule has 0 spiro atoms. The summed E-state index contributed by atoms with van der Waals surface area (Å²) < 4.78 is 16.2. The monoisotopic (exact) mass is 468 g/mol. The number of hydrogen-bond donors (Lipinski definition) is 2. The summed E-state index contributed by atoms with van der Waals surface area (Å²) in [6.45, 7) is 5.89. The molecular weight excluding hydrogens is 440 g/mol. The minimum absolute atomic E-state index is 0.116. The van der Waals surface area contributed by atoms with Crippen molar-refractivity contribution in [3.05, 3.63) is 53.1 Å². The van der Waals surface area contributed by atoms with Gasteiger partial charge >= 0.3 is 11.8 Å². The summed E-state index contributed by atoms with van der Waals surface area (Å²) in [5.41, 5.74) is 5.40. The standard InChI is InChI=1S/C24H28N4O6/c1-16-4-6-19(12-17(16)2)26-23(30)24(31)27-25-14-18-5-7-20(21(13-18)32-3)34-15-22(29)28-8-10-33-11-9-28/h4-7,12-14H,8-11,15H2,1-3H3,(H,26,30)(H,27,31)/b25-14-. The highest BCUT2D eigenvalue weighted by Gasteiger charge is 2.18. The number of rotatable bonds is 7. The Labute approximate surface area is 197 Å². The molecule has 1 aliphatic heterocycles. The van der Waals surface area contributed by atoms with E-state index in [2.05, 4.69) is 15.8 Å². The Bertz CT molecular complexity index is 1080. The molecule has 2 aromatic rings. The molecule has 34 heavy (non-hydrogen) atoms. The lowest BCUT2D eigenvalue weighted by atomic mass is 10.1. The Hall–Kier alpha value is -3.92. The second-order valence-electron chi connectivity index (χ2n) is 7.64. The Balaban J connectivity index is 1.52. The number of benzene rings is 2. The van der Waals surface area contributed by atoms with E-state index in [4.69, 9.17) is 14.2 Å².